The monoisotopic (exact) mass is 660 g/mol. The number of benzene rings is 3. The average molecular weight is 661 g/mol. The summed E-state index contributed by atoms with van der Waals surface area (Å²) < 4.78 is 4.96. The van der Waals surface area contributed by atoms with Gasteiger partial charge in [0.2, 0.25) is 17.7 Å². The van der Waals surface area contributed by atoms with Crippen LogP contribution in [0.5, 0.6) is 0 Å². The summed E-state index contributed by atoms with van der Waals surface area (Å²) in [5, 5.41) is 8.38. The van der Waals surface area contributed by atoms with Crippen molar-refractivity contribution in [2.45, 2.75) is 70.7 Å². The lowest BCUT2D eigenvalue weighted by atomic mass is 9.97. The molecule has 0 unspecified atom stereocenters. The Morgan fingerprint density at radius 3 is 2.47 bits per heavy atom. The molecule has 0 radical (unpaired) electrons. The second-order valence-electron chi connectivity index (χ2n) is 12.3. The molecule has 4 atom stereocenters. The molecule has 1 fully saturated rings. The van der Waals surface area contributed by atoms with Crippen LogP contribution in [0.4, 0.5) is 0 Å². The summed E-state index contributed by atoms with van der Waals surface area (Å²) in [5.41, 5.74) is 2.04. The quantitative estimate of drug-likeness (QED) is 0.201. The van der Waals surface area contributed by atoms with E-state index in [0.717, 1.165) is 28.3 Å². The number of nitrogens with zero attached hydrogens (tertiary/aromatic N) is 2. The van der Waals surface area contributed by atoms with Crippen molar-refractivity contribution in [3.05, 3.63) is 83.9 Å². The standard InChI is InChI=1S/C37H48N4O5S/c1-5-26(2)32(39-36(44)33-18-19-35(43)41(33)22-27-12-7-6-8-13-27)24-40(23-29-16-11-15-28-14-9-10-17-30(28)29)25-34(42)38-31(20-21-47-4)37(45)46-3/h6-17,26,31-33H,5,18-25H2,1-4H3,(H,38,42)(H,39,44)/t26-,31-,32+,33-/m0/s1. The third-order valence-electron chi connectivity index (χ3n) is 9.01. The van der Waals surface area contributed by atoms with E-state index in [9.17, 15) is 19.2 Å². The molecule has 3 aromatic rings. The van der Waals surface area contributed by atoms with E-state index in [2.05, 4.69) is 48.7 Å². The van der Waals surface area contributed by atoms with Crippen LogP contribution in [0.3, 0.4) is 0 Å². The Morgan fingerprint density at radius 1 is 1.02 bits per heavy atom. The Hall–Kier alpha value is -3.89. The molecule has 9 nitrogen and oxygen atoms in total. The van der Waals surface area contributed by atoms with Gasteiger partial charge in [0.25, 0.3) is 0 Å². The highest BCUT2D eigenvalue weighted by Crippen LogP contribution is 2.24. The number of rotatable bonds is 17. The number of ether oxygens (including phenoxy) is 1. The molecule has 1 aliphatic heterocycles. The number of fused-ring (bicyclic) bond motifs is 1. The second-order valence-corrected chi connectivity index (χ2v) is 13.3. The molecule has 1 saturated heterocycles. The zero-order valence-corrected chi connectivity index (χ0v) is 28.8. The molecule has 1 aliphatic rings. The van der Waals surface area contributed by atoms with Gasteiger partial charge in [0.15, 0.2) is 0 Å². The lowest BCUT2D eigenvalue weighted by molar-refractivity contribution is -0.145. The largest absolute Gasteiger partial charge is 0.467 e. The van der Waals surface area contributed by atoms with E-state index in [-0.39, 0.29) is 36.2 Å². The van der Waals surface area contributed by atoms with Crippen LogP contribution in [-0.4, -0.2) is 83.8 Å². The summed E-state index contributed by atoms with van der Waals surface area (Å²) in [6.45, 7) is 5.47. The Labute approximate surface area is 282 Å². The van der Waals surface area contributed by atoms with Gasteiger partial charge in [-0.2, -0.15) is 11.8 Å². The molecule has 4 rings (SSSR count). The minimum absolute atomic E-state index is 0.0232. The fraction of sp³-hybridized carbons (Fsp3) is 0.459. The fourth-order valence-corrected chi connectivity index (χ4v) is 6.59. The first kappa shape index (κ1) is 36.0. The molecule has 10 heteroatoms. The number of esters is 1. The highest BCUT2D eigenvalue weighted by Gasteiger charge is 2.37. The summed E-state index contributed by atoms with van der Waals surface area (Å²) >= 11 is 1.60. The van der Waals surface area contributed by atoms with Gasteiger partial charge in [-0.25, -0.2) is 4.79 Å². The van der Waals surface area contributed by atoms with E-state index in [1.165, 1.54) is 7.11 Å². The molecule has 3 aromatic carbocycles. The molecular formula is C37H48N4O5S. The maximum Gasteiger partial charge on any atom is 0.328 e. The van der Waals surface area contributed by atoms with Gasteiger partial charge < -0.3 is 20.3 Å². The van der Waals surface area contributed by atoms with Crippen LogP contribution in [0.15, 0.2) is 72.8 Å². The predicted molar refractivity (Wildman–Crippen MR) is 188 cm³/mol. The van der Waals surface area contributed by atoms with Crippen LogP contribution in [0.1, 0.15) is 50.7 Å². The number of carbonyl (C=O) groups is 4. The molecular weight excluding hydrogens is 612 g/mol. The lowest BCUT2D eigenvalue weighted by Gasteiger charge is -2.33. The summed E-state index contributed by atoms with van der Waals surface area (Å²) in [6, 6.07) is 22.4. The summed E-state index contributed by atoms with van der Waals surface area (Å²) in [7, 11) is 1.33. The van der Waals surface area contributed by atoms with E-state index < -0.39 is 18.1 Å². The van der Waals surface area contributed by atoms with Crippen molar-refractivity contribution >= 4 is 46.2 Å². The van der Waals surface area contributed by atoms with E-state index in [1.54, 1.807) is 16.7 Å². The molecule has 0 saturated carbocycles. The zero-order chi connectivity index (χ0) is 33.8. The van der Waals surface area contributed by atoms with Gasteiger partial charge in [0.1, 0.15) is 12.1 Å². The minimum atomic E-state index is -0.736. The van der Waals surface area contributed by atoms with Crippen LogP contribution in [0, 0.1) is 5.92 Å². The van der Waals surface area contributed by atoms with Crippen LogP contribution < -0.4 is 10.6 Å². The Kier molecular flexibility index (Phi) is 13.7. The molecule has 0 aliphatic carbocycles. The van der Waals surface area contributed by atoms with Crippen LogP contribution in [-0.2, 0) is 37.0 Å². The van der Waals surface area contributed by atoms with Crippen LogP contribution in [0.2, 0.25) is 0 Å². The lowest BCUT2D eigenvalue weighted by Crippen LogP contribution is -2.54. The second kappa shape index (κ2) is 17.9. The van der Waals surface area contributed by atoms with E-state index >= 15 is 0 Å². The van der Waals surface area contributed by atoms with Crippen molar-refractivity contribution in [1.29, 1.82) is 0 Å². The van der Waals surface area contributed by atoms with E-state index in [4.69, 9.17) is 4.74 Å². The Balaban J connectivity index is 1.56. The highest BCUT2D eigenvalue weighted by atomic mass is 32.2. The van der Waals surface area contributed by atoms with E-state index in [1.807, 2.05) is 59.7 Å². The SMILES string of the molecule is CC[C@H](C)[C@@H](CN(CC(=O)N[C@@H](CCSC)C(=O)OC)Cc1cccc2ccccc12)NC(=O)[C@@H]1CCC(=O)N1Cc1ccccc1. The molecule has 2 N–H and O–H groups in total. The van der Waals surface area contributed by atoms with Crippen molar-refractivity contribution in [3.8, 4) is 0 Å². The maximum atomic E-state index is 13.9. The number of hydrogen-bond acceptors (Lipinski definition) is 7. The molecule has 0 spiro atoms. The number of hydrogen-bond donors (Lipinski definition) is 2. The highest BCUT2D eigenvalue weighted by molar-refractivity contribution is 7.98. The molecule has 3 amide bonds. The van der Waals surface area contributed by atoms with Crippen LogP contribution >= 0.6 is 11.8 Å². The van der Waals surface area contributed by atoms with Gasteiger partial charge in [-0.1, -0.05) is 93.1 Å². The van der Waals surface area contributed by atoms with Crippen molar-refractivity contribution in [3.63, 3.8) is 0 Å². The van der Waals surface area contributed by atoms with Crippen molar-refractivity contribution < 1.29 is 23.9 Å². The molecule has 1 heterocycles. The molecule has 252 valence electrons. The minimum Gasteiger partial charge on any atom is -0.467 e. The van der Waals surface area contributed by atoms with Crippen LogP contribution in [0.25, 0.3) is 10.8 Å². The third-order valence-corrected chi connectivity index (χ3v) is 9.66. The zero-order valence-electron chi connectivity index (χ0n) is 27.9. The number of methoxy groups -OCH3 is 1. The molecule has 47 heavy (non-hydrogen) atoms. The van der Waals surface area contributed by atoms with Gasteiger partial charge in [-0.3, -0.25) is 19.3 Å². The van der Waals surface area contributed by atoms with Crippen molar-refractivity contribution in [2.24, 2.45) is 5.92 Å². The summed E-state index contributed by atoms with van der Waals surface area (Å²) in [5.74, 6) is -0.150. The fourth-order valence-electron chi connectivity index (χ4n) is 6.12. The predicted octanol–water partition coefficient (Wildman–Crippen LogP) is 4.77. The summed E-state index contributed by atoms with van der Waals surface area (Å²) in [4.78, 5) is 56.4. The molecule has 0 aromatic heterocycles. The smallest absolute Gasteiger partial charge is 0.328 e. The van der Waals surface area contributed by atoms with Gasteiger partial charge >= 0.3 is 5.97 Å². The van der Waals surface area contributed by atoms with Crippen molar-refractivity contribution in [2.75, 3.05) is 32.2 Å². The topological polar surface area (TPSA) is 108 Å². The first-order chi connectivity index (χ1) is 22.7. The number of thioether (sulfide) groups is 1. The maximum absolute atomic E-state index is 13.9. The number of nitrogens with one attached hydrogen (secondary N) is 2. The molecule has 0 bridgehead atoms. The third kappa shape index (κ3) is 10.0. The number of likely N-dealkylation sites (tertiary alicyclic amines) is 1. The van der Waals surface area contributed by atoms with E-state index in [0.29, 0.717) is 44.6 Å². The normalized spacial score (nSPS) is 16.6. The van der Waals surface area contributed by atoms with Crippen molar-refractivity contribution in [1.82, 2.24) is 20.4 Å². The van der Waals surface area contributed by atoms with Gasteiger partial charge in [-0.15, -0.1) is 0 Å². The first-order valence-electron chi connectivity index (χ1n) is 16.4. The summed E-state index contributed by atoms with van der Waals surface area (Å²) in [6.07, 6.45) is 4.04. The van der Waals surface area contributed by atoms with Gasteiger partial charge in [0.05, 0.1) is 13.7 Å². The number of carbonyl (C=O) groups excluding carboxylic acids is 4. The van der Waals surface area contributed by atoms with Gasteiger partial charge in [0, 0.05) is 32.1 Å². The average Bonchev–Trinajstić information content (AvgIpc) is 3.45. The Bertz CT molecular complexity index is 1500. The Morgan fingerprint density at radius 2 is 1.74 bits per heavy atom. The first-order valence-corrected chi connectivity index (χ1v) is 17.8. The van der Waals surface area contributed by atoms with Gasteiger partial charge in [-0.05, 0) is 52.7 Å². The number of amides is 3.